The average Bonchev–Trinajstić information content (AvgIpc) is 3.01. The quantitative estimate of drug-likeness (QED) is 0.717. The van der Waals surface area contributed by atoms with E-state index in [2.05, 4.69) is 11.2 Å². The van der Waals surface area contributed by atoms with Gasteiger partial charge in [0.15, 0.2) is 0 Å². The topological polar surface area (TPSA) is 21.6 Å². The molecule has 0 aromatic heterocycles. The van der Waals surface area contributed by atoms with E-state index in [0.717, 1.165) is 5.56 Å². The van der Waals surface area contributed by atoms with Crippen LogP contribution in [0, 0.1) is 6.07 Å². The molecule has 1 atom stereocenters. The molecule has 0 saturated heterocycles. The minimum absolute atomic E-state index is 0.0641. The maximum Gasteiger partial charge on any atom is 0.435 e. The van der Waals surface area contributed by atoms with Gasteiger partial charge in [-0.15, -0.1) is 0 Å². The van der Waals surface area contributed by atoms with Gasteiger partial charge in [-0.05, 0) is 22.6 Å². The molecule has 0 fully saturated rings. The van der Waals surface area contributed by atoms with E-state index in [1.807, 2.05) is 20.8 Å². The third-order valence-electron chi connectivity index (χ3n) is 4.45. The molecule has 0 saturated carbocycles. The number of hydrogen-bond donors (Lipinski definition) is 0. The van der Waals surface area contributed by atoms with Crippen molar-refractivity contribution in [1.82, 2.24) is 0 Å². The third kappa shape index (κ3) is 3.15. The van der Waals surface area contributed by atoms with E-state index in [1.165, 1.54) is 12.1 Å². The van der Waals surface area contributed by atoms with E-state index in [0.29, 0.717) is 5.56 Å². The molecule has 0 aliphatic carbocycles. The van der Waals surface area contributed by atoms with Crippen molar-refractivity contribution in [2.45, 2.75) is 44.4 Å². The van der Waals surface area contributed by atoms with Crippen molar-refractivity contribution in [2.24, 2.45) is 5.16 Å². The van der Waals surface area contributed by atoms with Crippen LogP contribution in [0.5, 0.6) is 0 Å². The highest BCUT2D eigenvalue weighted by atomic mass is 19.4. The SMILES string of the molecule is CC(C)(C)c1ccc(C2(C(F)(F)F)CC(c3cc[c]cc3)=NO2)cc1. The molecule has 0 amide bonds. The van der Waals surface area contributed by atoms with Gasteiger partial charge < -0.3 is 4.84 Å². The Kier molecular flexibility index (Phi) is 4.13. The van der Waals surface area contributed by atoms with Crippen LogP contribution >= 0.6 is 0 Å². The lowest BCUT2D eigenvalue weighted by Crippen LogP contribution is -2.42. The first kappa shape index (κ1) is 17.5. The molecule has 25 heavy (non-hydrogen) atoms. The van der Waals surface area contributed by atoms with Gasteiger partial charge in [0.25, 0.3) is 5.60 Å². The van der Waals surface area contributed by atoms with Crippen molar-refractivity contribution in [1.29, 1.82) is 0 Å². The van der Waals surface area contributed by atoms with Crippen LogP contribution in [0.1, 0.15) is 43.9 Å². The van der Waals surface area contributed by atoms with Gasteiger partial charge in [-0.2, -0.15) is 13.2 Å². The van der Waals surface area contributed by atoms with Crippen LogP contribution in [0.4, 0.5) is 13.2 Å². The van der Waals surface area contributed by atoms with E-state index < -0.39 is 11.8 Å². The van der Waals surface area contributed by atoms with Crippen LogP contribution in [0.25, 0.3) is 0 Å². The van der Waals surface area contributed by atoms with Crippen LogP contribution in [0.3, 0.4) is 0 Å². The van der Waals surface area contributed by atoms with Crippen LogP contribution in [0.2, 0.25) is 0 Å². The zero-order chi connectivity index (χ0) is 18.3. The highest BCUT2D eigenvalue weighted by Crippen LogP contribution is 2.48. The lowest BCUT2D eigenvalue weighted by molar-refractivity contribution is -0.275. The van der Waals surface area contributed by atoms with Gasteiger partial charge in [-0.3, -0.25) is 0 Å². The van der Waals surface area contributed by atoms with Crippen molar-refractivity contribution in [3.05, 3.63) is 71.3 Å². The molecule has 1 unspecified atom stereocenters. The second-order valence-corrected chi connectivity index (χ2v) is 7.25. The first-order valence-corrected chi connectivity index (χ1v) is 8.03. The predicted octanol–water partition coefficient (Wildman–Crippen LogP) is 5.37. The summed E-state index contributed by atoms with van der Waals surface area (Å²) in [6.45, 7) is 6.05. The number of halogens is 3. The molecule has 0 N–H and O–H groups in total. The smallest absolute Gasteiger partial charge is 0.374 e. The summed E-state index contributed by atoms with van der Waals surface area (Å²) in [5, 5.41) is 3.76. The Bertz CT molecular complexity index is 773. The summed E-state index contributed by atoms with van der Waals surface area (Å²) in [5.74, 6) is 0. The zero-order valence-corrected chi connectivity index (χ0v) is 14.3. The molecule has 0 spiro atoms. The molecule has 5 heteroatoms. The molecule has 1 heterocycles. The number of rotatable bonds is 2. The summed E-state index contributed by atoms with van der Waals surface area (Å²) >= 11 is 0. The van der Waals surface area contributed by atoms with E-state index in [4.69, 9.17) is 4.84 Å². The number of alkyl halides is 3. The van der Waals surface area contributed by atoms with Crippen molar-refractivity contribution in [3.8, 4) is 0 Å². The van der Waals surface area contributed by atoms with Crippen LogP contribution < -0.4 is 0 Å². The first-order valence-electron chi connectivity index (χ1n) is 8.03. The highest BCUT2D eigenvalue weighted by Gasteiger charge is 2.62. The van der Waals surface area contributed by atoms with Gasteiger partial charge in [0.1, 0.15) is 0 Å². The summed E-state index contributed by atoms with van der Waals surface area (Å²) in [6.07, 6.45) is -4.93. The van der Waals surface area contributed by atoms with Gasteiger partial charge in [0, 0.05) is 12.0 Å². The molecule has 1 aliphatic heterocycles. The first-order chi connectivity index (χ1) is 11.6. The van der Waals surface area contributed by atoms with E-state index >= 15 is 0 Å². The molecular weight excluding hydrogens is 327 g/mol. The van der Waals surface area contributed by atoms with Crippen LogP contribution in [0.15, 0.2) is 53.7 Å². The number of hydrogen-bond acceptors (Lipinski definition) is 2. The highest BCUT2D eigenvalue weighted by molar-refractivity contribution is 6.01. The van der Waals surface area contributed by atoms with Gasteiger partial charge in [0.2, 0.25) is 0 Å². The molecule has 1 radical (unpaired) electrons. The molecule has 2 aromatic carbocycles. The van der Waals surface area contributed by atoms with Crippen LogP contribution in [-0.2, 0) is 15.9 Å². The van der Waals surface area contributed by atoms with Gasteiger partial charge in [-0.25, -0.2) is 0 Å². The Balaban J connectivity index is 1.98. The lowest BCUT2D eigenvalue weighted by Gasteiger charge is -2.30. The Morgan fingerprint density at radius 3 is 2.12 bits per heavy atom. The van der Waals surface area contributed by atoms with E-state index in [1.54, 1.807) is 36.4 Å². The van der Waals surface area contributed by atoms with E-state index in [9.17, 15) is 13.2 Å². The second-order valence-electron chi connectivity index (χ2n) is 7.25. The van der Waals surface area contributed by atoms with Crippen molar-refractivity contribution in [2.75, 3.05) is 0 Å². The fraction of sp³-hybridized carbons (Fsp3) is 0.350. The fourth-order valence-corrected chi connectivity index (χ4v) is 2.88. The maximum atomic E-state index is 13.9. The Morgan fingerprint density at radius 1 is 1.00 bits per heavy atom. The van der Waals surface area contributed by atoms with Gasteiger partial charge in [0.05, 0.1) is 5.71 Å². The lowest BCUT2D eigenvalue weighted by atomic mass is 9.82. The number of benzene rings is 2. The summed E-state index contributed by atoms with van der Waals surface area (Å²) in [4.78, 5) is 5.04. The summed E-state index contributed by atoms with van der Waals surface area (Å²) in [6, 6.07) is 15.9. The predicted molar refractivity (Wildman–Crippen MR) is 90.4 cm³/mol. The Labute approximate surface area is 145 Å². The summed E-state index contributed by atoms with van der Waals surface area (Å²) in [7, 11) is 0. The minimum Gasteiger partial charge on any atom is -0.374 e. The molecule has 131 valence electrons. The second kappa shape index (κ2) is 5.90. The van der Waals surface area contributed by atoms with Gasteiger partial charge >= 0.3 is 6.18 Å². The normalized spacial score (nSPS) is 21.0. The largest absolute Gasteiger partial charge is 0.435 e. The standard InChI is InChI=1S/C20H19F3NO/c1-18(2,3)15-9-11-16(12-10-15)19(20(21,22)23)13-17(24-25-19)14-7-5-4-6-8-14/h5-12H,13H2,1-3H3. The summed E-state index contributed by atoms with van der Waals surface area (Å²) in [5.41, 5.74) is -0.663. The fourth-order valence-electron chi connectivity index (χ4n) is 2.88. The molecular formula is C20H19F3NO. The molecule has 2 aromatic rings. The van der Waals surface area contributed by atoms with Crippen LogP contribution in [-0.4, -0.2) is 11.9 Å². The Morgan fingerprint density at radius 2 is 1.60 bits per heavy atom. The van der Waals surface area contributed by atoms with Gasteiger partial charge in [-0.1, -0.05) is 74.5 Å². The Hall–Kier alpha value is -2.30. The third-order valence-corrected chi connectivity index (χ3v) is 4.45. The molecule has 3 rings (SSSR count). The maximum absolute atomic E-state index is 13.9. The molecule has 1 aliphatic rings. The zero-order valence-electron chi connectivity index (χ0n) is 14.3. The van der Waals surface area contributed by atoms with Crippen molar-refractivity contribution >= 4 is 5.71 Å². The molecule has 2 nitrogen and oxygen atoms in total. The van der Waals surface area contributed by atoms with Crippen molar-refractivity contribution < 1.29 is 18.0 Å². The summed E-state index contributed by atoms with van der Waals surface area (Å²) < 4.78 is 41.8. The van der Waals surface area contributed by atoms with Crippen molar-refractivity contribution in [3.63, 3.8) is 0 Å². The number of oxime groups is 1. The average molecular weight is 346 g/mol. The monoisotopic (exact) mass is 346 g/mol. The van der Waals surface area contributed by atoms with E-state index in [-0.39, 0.29) is 23.1 Å². The number of nitrogens with zero attached hydrogens (tertiary/aromatic N) is 1. The minimum atomic E-state index is -4.58. The molecule has 0 bridgehead atoms.